The number of carbonyl (C=O) groups is 1. The van der Waals surface area contributed by atoms with E-state index in [-0.39, 0.29) is 5.91 Å². The maximum absolute atomic E-state index is 12.3. The number of thiazole rings is 1. The van der Waals surface area contributed by atoms with E-state index in [0.29, 0.717) is 12.6 Å². The maximum Gasteiger partial charge on any atom is 0.268 e. The highest BCUT2D eigenvalue weighted by Gasteiger charge is 2.19. The average molecular weight is 290 g/mol. The number of nitrogens with one attached hydrogen (secondary N) is 2. The Hall–Kier alpha value is -1.66. The van der Waals surface area contributed by atoms with Gasteiger partial charge in [0.1, 0.15) is 5.69 Å². The summed E-state index contributed by atoms with van der Waals surface area (Å²) in [5, 5.41) is 8.23. The molecule has 2 aromatic rings. The molecule has 0 aliphatic carbocycles. The Kier molecular flexibility index (Phi) is 4.13. The van der Waals surface area contributed by atoms with Crippen LogP contribution in [0.3, 0.4) is 0 Å². The van der Waals surface area contributed by atoms with Gasteiger partial charge in [-0.1, -0.05) is 0 Å². The zero-order valence-electron chi connectivity index (χ0n) is 11.2. The third-order valence-corrected chi connectivity index (χ3v) is 4.26. The Morgan fingerprint density at radius 1 is 1.50 bits per heavy atom. The topological polar surface area (TPSA) is 59.0 Å². The van der Waals surface area contributed by atoms with Crippen molar-refractivity contribution in [3.8, 4) is 0 Å². The number of amides is 1. The summed E-state index contributed by atoms with van der Waals surface area (Å²) in [5.41, 5.74) is 3.43. The van der Waals surface area contributed by atoms with Crippen LogP contribution in [0.25, 0.3) is 0 Å². The molecule has 1 aliphatic rings. The predicted molar refractivity (Wildman–Crippen MR) is 78.9 cm³/mol. The van der Waals surface area contributed by atoms with Crippen LogP contribution in [0.4, 0.5) is 0 Å². The van der Waals surface area contributed by atoms with Gasteiger partial charge < -0.3 is 15.2 Å². The summed E-state index contributed by atoms with van der Waals surface area (Å²) in [5.74, 6) is -0.0264. The summed E-state index contributed by atoms with van der Waals surface area (Å²) in [6.45, 7) is 2.52. The first-order valence-electron chi connectivity index (χ1n) is 6.87. The lowest BCUT2D eigenvalue weighted by molar-refractivity contribution is 0.0937. The van der Waals surface area contributed by atoms with Gasteiger partial charge in [0, 0.05) is 17.6 Å². The fourth-order valence-electron chi connectivity index (χ4n) is 2.58. The highest BCUT2D eigenvalue weighted by atomic mass is 32.1. The average Bonchev–Trinajstić information content (AvgIpc) is 3.17. The smallest absolute Gasteiger partial charge is 0.268 e. The second-order valence-corrected chi connectivity index (χ2v) is 5.66. The van der Waals surface area contributed by atoms with Gasteiger partial charge in [-0.2, -0.15) is 0 Å². The zero-order chi connectivity index (χ0) is 13.8. The van der Waals surface area contributed by atoms with Crippen molar-refractivity contribution in [2.45, 2.75) is 25.4 Å². The minimum atomic E-state index is -0.0264. The highest BCUT2D eigenvalue weighted by Crippen LogP contribution is 2.21. The molecule has 0 saturated carbocycles. The fourth-order valence-corrected chi connectivity index (χ4v) is 3.13. The van der Waals surface area contributed by atoms with Gasteiger partial charge >= 0.3 is 0 Å². The third kappa shape index (κ3) is 2.91. The molecule has 0 aromatic carbocycles. The summed E-state index contributed by atoms with van der Waals surface area (Å²) in [7, 11) is 0. The number of carbonyl (C=O) groups excluding carboxylic acids is 1. The Bertz CT molecular complexity index is 558. The van der Waals surface area contributed by atoms with Crippen molar-refractivity contribution in [2.24, 2.45) is 0 Å². The summed E-state index contributed by atoms with van der Waals surface area (Å²) < 4.78 is 2.11. The molecule has 6 heteroatoms. The number of piperidine rings is 1. The molecule has 0 atom stereocenters. The van der Waals surface area contributed by atoms with E-state index in [1.807, 2.05) is 23.7 Å². The third-order valence-electron chi connectivity index (χ3n) is 3.63. The second kappa shape index (κ2) is 6.19. The molecule has 0 radical (unpaired) electrons. The normalized spacial score (nSPS) is 16.2. The minimum absolute atomic E-state index is 0.0264. The number of hydrogen-bond acceptors (Lipinski definition) is 4. The summed E-state index contributed by atoms with van der Waals surface area (Å²) >= 11 is 1.54. The van der Waals surface area contributed by atoms with Crippen molar-refractivity contribution in [1.82, 2.24) is 20.2 Å². The van der Waals surface area contributed by atoms with E-state index in [0.717, 1.165) is 37.3 Å². The number of rotatable bonds is 4. The lowest BCUT2D eigenvalue weighted by atomic mass is 10.1. The minimum Gasteiger partial charge on any atom is -0.345 e. The Morgan fingerprint density at radius 2 is 2.35 bits per heavy atom. The van der Waals surface area contributed by atoms with Gasteiger partial charge in [0.25, 0.3) is 5.91 Å². The monoisotopic (exact) mass is 290 g/mol. The van der Waals surface area contributed by atoms with Gasteiger partial charge in [-0.25, -0.2) is 4.98 Å². The first-order valence-corrected chi connectivity index (χ1v) is 7.81. The molecule has 0 bridgehead atoms. The van der Waals surface area contributed by atoms with E-state index >= 15 is 0 Å². The van der Waals surface area contributed by atoms with Gasteiger partial charge in [-0.15, -0.1) is 11.3 Å². The molecule has 1 saturated heterocycles. The second-order valence-electron chi connectivity index (χ2n) is 4.94. The molecule has 2 aromatic heterocycles. The van der Waals surface area contributed by atoms with Crippen molar-refractivity contribution in [1.29, 1.82) is 0 Å². The molecule has 3 heterocycles. The largest absolute Gasteiger partial charge is 0.345 e. The van der Waals surface area contributed by atoms with Crippen LogP contribution in [0.1, 0.15) is 35.1 Å². The van der Waals surface area contributed by atoms with E-state index < -0.39 is 0 Å². The first kappa shape index (κ1) is 13.3. The molecule has 106 valence electrons. The van der Waals surface area contributed by atoms with Gasteiger partial charge in [0.2, 0.25) is 0 Å². The highest BCUT2D eigenvalue weighted by molar-refractivity contribution is 7.07. The van der Waals surface area contributed by atoms with Crippen LogP contribution in [0.2, 0.25) is 0 Å². The molecule has 0 unspecified atom stereocenters. The van der Waals surface area contributed by atoms with Crippen LogP contribution < -0.4 is 10.6 Å². The molecule has 5 nitrogen and oxygen atoms in total. The summed E-state index contributed by atoms with van der Waals surface area (Å²) in [6, 6.07) is 4.25. The van der Waals surface area contributed by atoms with E-state index in [1.165, 1.54) is 0 Å². The van der Waals surface area contributed by atoms with E-state index in [9.17, 15) is 4.79 Å². The SMILES string of the molecule is O=C(NCc1cscn1)c1cccn1C1CCNCC1. The van der Waals surface area contributed by atoms with Gasteiger partial charge in [0.05, 0.1) is 17.7 Å². The molecule has 1 fully saturated rings. The van der Waals surface area contributed by atoms with Gasteiger partial charge in [-0.05, 0) is 38.1 Å². The van der Waals surface area contributed by atoms with Crippen molar-refractivity contribution in [3.05, 3.63) is 40.6 Å². The molecule has 1 amide bonds. The number of hydrogen-bond donors (Lipinski definition) is 2. The summed E-state index contributed by atoms with van der Waals surface area (Å²) in [6.07, 6.45) is 4.15. The van der Waals surface area contributed by atoms with Gasteiger partial charge in [0.15, 0.2) is 0 Å². The molecular weight excluding hydrogens is 272 g/mol. The maximum atomic E-state index is 12.3. The van der Waals surface area contributed by atoms with Crippen LogP contribution in [0.5, 0.6) is 0 Å². The molecular formula is C14H18N4OS. The van der Waals surface area contributed by atoms with Crippen molar-refractivity contribution < 1.29 is 4.79 Å². The van der Waals surface area contributed by atoms with Crippen LogP contribution in [-0.2, 0) is 6.54 Å². The van der Waals surface area contributed by atoms with Crippen molar-refractivity contribution in [3.63, 3.8) is 0 Å². The van der Waals surface area contributed by atoms with Crippen LogP contribution in [0, 0.1) is 0 Å². The quantitative estimate of drug-likeness (QED) is 0.902. The predicted octanol–water partition coefficient (Wildman–Crippen LogP) is 1.80. The Balaban J connectivity index is 1.67. The van der Waals surface area contributed by atoms with E-state index in [4.69, 9.17) is 0 Å². The number of aromatic nitrogens is 2. The fraction of sp³-hybridized carbons (Fsp3) is 0.429. The molecule has 20 heavy (non-hydrogen) atoms. The molecule has 1 aliphatic heterocycles. The lowest BCUT2D eigenvalue weighted by Crippen LogP contribution is -2.32. The zero-order valence-corrected chi connectivity index (χ0v) is 12.0. The Morgan fingerprint density at radius 3 is 3.10 bits per heavy atom. The van der Waals surface area contributed by atoms with E-state index in [1.54, 1.807) is 16.8 Å². The Labute approximate surface area is 122 Å². The van der Waals surface area contributed by atoms with Crippen LogP contribution >= 0.6 is 11.3 Å². The molecule has 2 N–H and O–H groups in total. The lowest BCUT2D eigenvalue weighted by Gasteiger charge is -2.25. The standard InChI is InChI=1S/C14H18N4OS/c19-14(16-8-11-9-20-10-17-11)13-2-1-7-18(13)12-3-5-15-6-4-12/h1-2,7,9-10,12,15H,3-6,8H2,(H,16,19). The van der Waals surface area contributed by atoms with Crippen molar-refractivity contribution >= 4 is 17.2 Å². The van der Waals surface area contributed by atoms with E-state index in [2.05, 4.69) is 20.2 Å². The van der Waals surface area contributed by atoms with Crippen LogP contribution in [-0.4, -0.2) is 28.5 Å². The number of nitrogens with zero attached hydrogens (tertiary/aromatic N) is 2. The molecule has 3 rings (SSSR count). The molecule has 0 spiro atoms. The van der Waals surface area contributed by atoms with Gasteiger partial charge in [-0.3, -0.25) is 4.79 Å². The van der Waals surface area contributed by atoms with Crippen LogP contribution in [0.15, 0.2) is 29.2 Å². The van der Waals surface area contributed by atoms with Crippen molar-refractivity contribution in [2.75, 3.05) is 13.1 Å². The first-order chi connectivity index (χ1) is 9.84. The summed E-state index contributed by atoms with van der Waals surface area (Å²) in [4.78, 5) is 16.5.